The van der Waals surface area contributed by atoms with Crippen molar-refractivity contribution in [3.63, 3.8) is 0 Å². The second kappa shape index (κ2) is 20.2. The molecule has 0 saturated carbocycles. The number of hydrogen-bond acceptors (Lipinski definition) is 5. The molecule has 0 radical (unpaired) electrons. The van der Waals surface area contributed by atoms with Gasteiger partial charge in [-0.15, -0.1) is 0 Å². The monoisotopic (exact) mass is 478 g/mol. The van der Waals surface area contributed by atoms with Gasteiger partial charge in [-0.3, -0.25) is 19.6 Å². The van der Waals surface area contributed by atoms with E-state index in [9.17, 15) is 4.79 Å². The Balaban J connectivity index is 1.51. The lowest BCUT2D eigenvalue weighted by Gasteiger charge is -2.31. The fourth-order valence-electron chi connectivity index (χ4n) is 5.00. The van der Waals surface area contributed by atoms with Crippen LogP contribution in [0, 0.1) is 0 Å². The van der Waals surface area contributed by atoms with Crippen molar-refractivity contribution in [1.29, 1.82) is 0 Å². The number of carbonyl (C=O) groups is 1. The number of ether oxygens (including phenoxy) is 1. The van der Waals surface area contributed by atoms with E-state index in [4.69, 9.17) is 9.57 Å². The minimum Gasteiger partial charge on any atom is -0.458 e. The van der Waals surface area contributed by atoms with E-state index in [-0.39, 0.29) is 12.1 Å². The highest BCUT2D eigenvalue weighted by molar-refractivity contribution is 5.69. The van der Waals surface area contributed by atoms with Crippen molar-refractivity contribution in [2.45, 2.75) is 135 Å². The molecule has 2 aliphatic heterocycles. The molecule has 5 heteroatoms. The average Bonchev–Trinajstić information content (AvgIpc) is 2.86. The SMILES string of the molecule is CCCCCCCCCCCCCCCC(=O)OC(CON1C=CCCC1)CN1CCCCC1. The van der Waals surface area contributed by atoms with Crippen LogP contribution in [0.1, 0.15) is 129 Å². The van der Waals surface area contributed by atoms with E-state index in [1.165, 1.54) is 89.9 Å². The molecule has 1 atom stereocenters. The highest BCUT2D eigenvalue weighted by Crippen LogP contribution is 2.15. The number of unbranched alkanes of at least 4 members (excludes halogenated alkanes) is 12. The number of allylic oxidation sites excluding steroid dienone is 1. The Bertz CT molecular complexity index is 520. The third kappa shape index (κ3) is 15.0. The van der Waals surface area contributed by atoms with Crippen LogP contribution in [0.25, 0.3) is 0 Å². The van der Waals surface area contributed by atoms with E-state index < -0.39 is 0 Å². The summed E-state index contributed by atoms with van der Waals surface area (Å²) in [5.74, 6) is -0.0529. The molecule has 0 aromatic carbocycles. The molecule has 2 aliphatic rings. The molecule has 0 bridgehead atoms. The van der Waals surface area contributed by atoms with Gasteiger partial charge >= 0.3 is 5.97 Å². The van der Waals surface area contributed by atoms with Gasteiger partial charge in [0.15, 0.2) is 0 Å². The van der Waals surface area contributed by atoms with Crippen molar-refractivity contribution in [1.82, 2.24) is 9.96 Å². The smallest absolute Gasteiger partial charge is 0.306 e. The van der Waals surface area contributed by atoms with Crippen LogP contribution < -0.4 is 0 Å². The lowest BCUT2D eigenvalue weighted by atomic mass is 10.0. The van der Waals surface area contributed by atoms with E-state index in [0.717, 1.165) is 51.9 Å². The number of piperidine rings is 1. The molecule has 0 amide bonds. The average molecular weight is 479 g/mol. The molecule has 1 saturated heterocycles. The van der Waals surface area contributed by atoms with E-state index in [1.807, 2.05) is 11.3 Å². The maximum Gasteiger partial charge on any atom is 0.306 e. The number of carbonyl (C=O) groups excluding carboxylic acids is 1. The lowest BCUT2D eigenvalue weighted by Crippen LogP contribution is -2.41. The predicted molar refractivity (Wildman–Crippen MR) is 142 cm³/mol. The molecule has 0 N–H and O–H groups in total. The second-order valence-electron chi connectivity index (χ2n) is 10.4. The predicted octanol–water partition coefficient (Wildman–Crippen LogP) is 7.41. The molecule has 0 spiro atoms. The van der Waals surface area contributed by atoms with Gasteiger partial charge < -0.3 is 4.74 Å². The molecule has 198 valence electrons. The number of hydroxylamine groups is 2. The number of nitrogens with zero attached hydrogens (tertiary/aromatic N) is 2. The Morgan fingerprint density at radius 2 is 1.41 bits per heavy atom. The standard InChI is InChI=1S/C29H54N2O3/c1-2-3-4-5-6-7-8-9-10-11-12-13-16-21-29(32)34-28(26-30-22-17-14-18-23-30)27-33-31-24-19-15-20-25-31/h19,24,28H,2-18,20-23,25-27H2,1H3. The molecule has 5 nitrogen and oxygen atoms in total. The van der Waals surface area contributed by atoms with Crippen molar-refractivity contribution in [3.8, 4) is 0 Å². The molecule has 2 heterocycles. The lowest BCUT2D eigenvalue weighted by molar-refractivity contribution is -0.175. The number of hydrogen-bond donors (Lipinski definition) is 0. The Hall–Kier alpha value is -1.07. The van der Waals surface area contributed by atoms with Crippen LogP contribution in [-0.2, 0) is 14.4 Å². The molecule has 0 aliphatic carbocycles. The number of likely N-dealkylation sites (tertiary alicyclic amines) is 1. The van der Waals surface area contributed by atoms with Crippen molar-refractivity contribution >= 4 is 5.97 Å². The Labute approximate surface area is 210 Å². The van der Waals surface area contributed by atoms with E-state index in [1.54, 1.807) is 0 Å². The quantitative estimate of drug-likeness (QED) is 0.135. The maximum absolute atomic E-state index is 12.5. The first-order chi connectivity index (χ1) is 16.8. The summed E-state index contributed by atoms with van der Waals surface area (Å²) in [6.45, 7) is 6.65. The first-order valence-corrected chi connectivity index (χ1v) is 14.8. The zero-order chi connectivity index (χ0) is 24.1. The van der Waals surface area contributed by atoms with E-state index >= 15 is 0 Å². The van der Waals surface area contributed by atoms with E-state index in [0.29, 0.717) is 13.0 Å². The van der Waals surface area contributed by atoms with Gasteiger partial charge in [-0.1, -0.05) is 96.5 Å². The summed E-state index contributed by atoms with van der Waals surface area (Å²) in [6, 6.07) is 0. The van der Waals surface area contributed by atoms with Gasteiger partial charge in [0.1, 0.15) is 12.7 Å². The van der Waals surface area contributed by atoms with E-state index in [2.05, 4.69) is 17.9 Å². The third-order valence-corrected chi connectivity index (χ3v) is 7.14. The topological polar surface area (TPSA) is 42.0 Å². The highest BCUT2D eigenvalue weighted by Gasteiger charge is 2.21. The summed E-state index contributed by atoms with van der Waals surface area (Å²) in [7, 11) is 0. The van der Waals surface area contributed by atoms with Crippen molar-refractivity contribution in [2.75, 3.05) is 32.8 Å². The summed E-state index contributed by atoms with van der Waals surface area (Å²) in [5, 5.41) is 1.90. The van der Waals surface area contributed by atoms with Crippen LogP contribution in [0.3, 0.4) is 0 Å². The highest BCUT2D eigenvalue weighted by atomic mass is 16.7. The van der Waals surface area contributed by atoms with Gasteiger partial charge in [-0.05, 0) is 45.2 Å². The summed E-state index contributed by atoms with van der Waals surface area (Å²) >= 11 is 0. The normalized spacial score (nSPS) is 17.7. The van der Waals surface area contributed by atoms with Crippen LogP contribution >= 0.6 is 0 Å². The van der Waals surface area contributed by atoms with Crippen LogP contribution in [0.2, 0.25) is 0 Å². The molecule has 34 heavy (non-hydrogen) atoms. The summed E-state index contributed by atoms with van der Waals surface area (Å²) in [5.41, 5.74) is 0. The van der Waals surface area contributed by atoms with Gasteiger partial charge in [0.05, 0.1) is 0 Å². The Morgan fingerprint density at radius 3 is 2.00 bits per heavy atom. The molecular weight excluding hydrogens is 424 g/mol. The fourth-order valence-corrected chi connectivity index (χ4v) is 5.00. The largest absolute Gasteiger partial charge is 0.458 e. The molecule has 1 unspecified atom stereocenters. The summed E-state index contributed by atoms with van der Waals surface area (Å²) in [4.78, 5) is 20.9. The molecular formula is C29H54N2O3. The Morgan fingerprint density at radius 1 is 0.794 bits per heavy atom. The van der Waals surface area contributed by atoms with Gasteiger partial charge in [-0.2, -0.15) is 0 Å². The minimum atomic E-state index is -0.178. The van der Waals surface area contributed by atoms with Crippen LogP contribution in [-0.4, -0.2) is 54.8 Å². The zero-order valence-electron chi connectivity index (χ0n) is 22.3. The number of rotatable bonds is 20. The van der Waals surface area contributed by atoms with Crippen LogP contribution in [0.5, 0.6) is 0 Å². The Kier molecular flexibility index (Phi) is 17.3. The van der Waals surface area contributed by atoms with Gasteiger partial charge in [-0.25, -0.2) is 0 Å². The summed E-state index contributed by atoms with van der Waals surface area (Å²) in [6.07, 6.45) is 27.7. The second-order valence-corrected chi connectivity index (χ2v) is 10.4. The first kappa shape index (κ1) is 29.2. The van der Waals surface area contributed by atoms with Gasteiger partial charge in [0.25, 0.3) is 0 Å². The fraction of sp³-hybridized carbons (Fsp3) is 0.897. The van der Waals surface area contributed by atoms with Crippen molar-refractivity contribution < 1.29 is 14.4 Å². The number of esters is 1. The minimum absolute atomic E-state index is 0.0529. The van der Waals surface area contributed by atoms with Crippen molar-refractivity contribution in [3.05, 3.63) is 12.3 Å². The third-order valence-electron chi connectivity index (χ3n) is 7.14. The van der Waals surface area contributed by atoms with Gasteiger partial charge in [0, 0.05) is 25.7 Å². The summed E-state index contributed by atoms with van der Waals surface area (Å²) < 4.78 is 5.90. The zero-order valence-corrected chi connectivity index (χ0v) is 22.3. The molecule has 2 rings (SSSR count). The molecule has 1 fully saturated rings. The maximum atomic E-state index is 12.5. The van der Waals surface area contributed by atoms with Crippen LogP contribution in [0.4, 0.5) is 0 Å². The molecule has 0 aromatic rings. The van der Waals surface area contributed by atoms with Crippen molar-refractivity contribution in [2.24, 2.45) is 0 Å². The first-order valence-electron chi connectivity index (χ1n) is 14.8. The van der Waals surface area contributed by atoms with Crippen LogP contribution in [0.15, 0.2) is 12.3 Å². The molecule has 0 aromatic heterocycles. The van der Waals surface area contributed by atoms with Gasteiger partial charge in [0.2, 0.25) is 0 Å².